The maximum Gasteiger partial charge on any atom is 0.138 e. The molecule has 84 valence electrons. The average Bonchev–Trinajstić information content (AvgIpc) is 2.67. The molecule has 1 atom stereocenters. The van der Waals surface area contributed by atoms with Crippen molar-refractivity contribution in [3.8, 4) is 0 Å². The van der Waals surface area contributed by atoms with Gasteiger partial charge in [0.05, 0.1) is 0 Å². The van der Waals surface area contributed by atoms with Crippen molar-refractivity contribution in [2.45, 2.75) is 38.0 Å². The molecule has 0 amide bonds. The zero-order valence-electron chi connectivity index (χ0n) is 9.66. The lowest BCUT2D eigenvalue weighted by molar-refractivity contribution is 0.267. The number of rotatable bonds is 3. The number of nitrogens with one attached hydrogen (secondary N) is 1. The number of aromatic nitrogens is 3. The molecular formula is C11H20N4. The fraction of sp³-hybridized carbons (Fsp3) is 0.818. The summed E-state index contributed by atoms with van der Waals surface area (Å²) in [6.45, 7) is 4.43. The highest BCUT2D eigenvalue weighted by Crippen LogP contribution is 2.33. The van der Waals surface area contributed by atoms with Gasteiger partial charge in [-0.2, -0.15) is 5.10 Å². The highest BCUT2D eigenvalue weighted by Gasteiger charge is 2.36. The molecule has 1 unspecified atom stereocenters. The molecule has 0 saturated carbocycles. The Morgan fingerprint density at radius 2 is 2.47 bits per heavy atom. The Morgan fingerprint density at radius 3 is 3.00 bits per heavy atom. The monoisotopic (exact) mass is 208 g/mol. The Balaban J connectivity index is 2.29. The lowest BCUT2D eigenvalue weighted by atomic mass is 9.76. The van der Waals surface area contributed by atoms with Crippen LogP contribution < -0.4 is 5.32 Å². The summed E-state index contributed by atoms with van der Waals surface area (Å²) in [7, 11) is 1.99. The summed E-state index contributed by atoms with van der Waals surface area (Å²) in [6.07, 6.45) is 6.55. The molecule has 1 saturated heterocycles. The van der Waals surface area contributed by atoms with Gasteiger partial charge in [-0.3, -0.25) is 4.68 Å². The summed E-state index contributed by atoms with van der Waals surface area (Å²) in [5, 5.41) is 7.69. The van der Waals surface area contributed by atoms with E-state index in [1.165, 1.54) is 25.7 Å². The Hall–Kier alpha value is -0.900. The Kier molecular flexibility index (Phi) is 3.05. The molecule has 2 rings (SSSR count). The van der Waals surface area contributed by atoms with Gasteiger partial charge in [-0.1, -0.05) is 13.3 Å². The van der Waals surface area contributed by atoms with Gasteiger partial charge in [0.15, 0.2) is 0 Å². The van der Waals surface area contributed by atoms with E-state index in [9.17, 15) is 0 Å². The third kappa shape index (κ3) is 1.91. The summed E-state index contributed by atoms with van der Waals surface area (Å²) in [4.78, 5) is 4.44. The van der Waals surface area contributed by atoms with Crippen LogP contribution in [0.25, 0.3) is 0 Å². The van der Waals surface area contributed by atoms with E-state index in [2.05, 4.69) is 22.3 Å². The van der Waals surface area contributed by atoms with Crippen molar-refractivity contribution in [1.82, 2.24) is 20.1 Å². The van der Waals surface area contributed by atoms with Gasteiger partial charge in [0.1, 0.15) is 12.2 Å². The SMILES string of the molecule is CCCC1(c2ncnn2C)CCCNC1. The summed E-state index contributed by atoms with van der Waals surface area (Å²) >= 11 is 0. The van der Waals surface area contributed by atoms with Crippen LogP contribution in [0.4, 0.5) is 0 Å². The van der Waals surface area contributed by atoms with E-state index in [0.29, 0.717) is 0 Å². The standard InChI is InChI=1S/C11H20N4/c1-3-5-11(6-4-7-12-8-11)10-13-9-14-15(10)2/h9,12H,3-8H2,1-2H3. The maximum absolute atomic E-state index is 4.44. The van der Waals surface area contributed by atoms with E-state index in [4.69, 9.17) is 0 Å². The van der Waals surface area contributed by atoms with Crippen LogP contribution >= 0.6 is 0 Å². The van der Waals surface area contributed by atoms with Crippen LogP contribution in [-0.2, 0) is 12.5 Å². The number of nitrogens with zero attached hydrogens (tertiary/aromatic N) is 3. The molecule has 2 heterocycles. The van der Waals surface area contributed by atoms with E-state index in [1.807, 2.05) is 11.7 Å². The minimum atomic E-state index is 0.220. The van der Waals surface area contributed by atoms with Gasteiger partial charge in [-0.25, -0.2) is 4.98 Å². The fourth-order valence-electron chi connectivity index (χ4n) is 2.74. The zero-order valence-corrected chi connectivity index (χ0v) is 9.66. The van der Waals surface area contributed by atoms with E-state index in [1.54, 1.807) is 6.33 Å². The summed E-state index contributed by atoms with van der Waals surface area (Å²) in [5.41, 5.74) is 0.220. The third-order valence-electron chi connectivity index (χ3n) is 3.39. The van der Waals surface area contributed by atoms with Crippen LogP contribution in [0, 0.1) is 0 Å². The van der Waals surface area contributed by atoms with E-state index in [-0.39, 0.29) is 5.41 Å². The maximum atomic E-state index is 4.44. The molecule has 1 aliphatic heterocycles. The van der Waals surface area contributed by atoms with E-state index < -0.39 is 0 Å². The van der Waals surface area contributed by atoms with Crippen LogP contribution in [0.1, 0.15) is 38.4 Å². The molecule has 4 heteroatoms. The second kappa shape index (κ2) is 4.31. The molecule has 0 aromatic carbocycles. The van der Waals surface area contributed by atoms with Crippen molar-refractivity contribution in [3.05, 3.63) is 12.2 Å². The van der Waals surface area contributed by atoms with Gasteiger partial charge in [0.25, 0.3) is 0 Å². The molecule has 0 aliphatic carbocycles. The van der Waals surface area contributed by atoms with Gasteiger partial charge in [0, 0.05) is 19.0 Å². The Bertz CT molecular complexity index is 307. The Labute approximate surface area is 91.1 Å². The first-order chi connectivity index (χ1) is 7.28. The second-order valence-electron chi connectivity index (χ2n) is 4.52. The molecular weight excluding hydrogens is 188 g/mol. The first kappa shape index (κ1) is 10.6. The van der Waals surface area contributed by atoms with E-state index >= 15 is 0 Å². The van der Waals surface area contributed by atoms with Crippen LogP contribution in [0.15, 0.2) is 6.33 Å². The lowest BCUT2D eigenvalue weighted by Gasteiger charge is -2.36. The summed E-state index contributed by atoms with van der Waals surface area (Å²) in [5.74, 6) is 1.15. The molecule has 1 N–H and O–H groups in total. The number of piperidine rings is 1. The molecule has 1 aromatic heterocycles. The normalized spacial score (nSPS) is 26.8. The fourth-order valence-corrected chi connectivity index (χ4v) is 2.74. The molecule has 15 heavy (non-hydrogen) atoms. The molecule has 0 radical (unpaired) electrons. The minimum Gasteiger partial charge on any atom is -0.316 e. The molecule has 0 spiro atoms. The minimum absolute atomic E-state index is 0.220. The van der Waals surface area contributed by atoms with Gasteiger partial charge in [0.2, 0.25) is 0 Å². The van der Waals surface area contributed by atoms with Crippen molar-refractivity contribution in [1.29, 1.82) is 0 Å². The predicted molar refractivity (Wildman–Crippen MR) is 59.7 cm³/mol. The van der Waals surface area contributed by atoms with Crippen LogP contribution in [-0.4, -0.2) is 27.9 Å². The van der Waals surface area contributed by atoms with Crippen molar-refractivity contribution >= 4 is 0 Å². The quantitative estimate of drug-likeness (QED) is 0.812. The van der Waals surface area contributed by atoms with Crippen molar-refractivity contribution in [3.63, 3.8) is 0 Å². The van der Waals surface area contributed by atoms with Crippen LogP contribution in [0.5, 0.6) is 0 Å². The van der Waals surface area contributed by atoms with Gasteiger partial charge >= 0.3 is 0 Å². The average molecular weight is 208 g/mol. The molecule has 1 aliphatic rings. The number of hydrogen-bond donors (Lipinski definition) is 1. The smallest absolute Gasteiger partial charge is 0.138 e. The first-order valence-electron chi connectivity index (χ1n) is 5.84. The zero-order chi connectivity index (χ0) is 10.7. The molecule has 4 nitrogen and oxygen atoms in total. The van der Waals surface area contributed by atoms with Crippen molar-refractivity contribution < 1.29 is 0 Å². The topological polar surface area (TPSA) is 42.7 Å². The summed E-state index contributed by atoms with van der Waals surface area (Å²) < 4.78 is 1.93. The van der Waals surface area contributed by atoms with Crippen molar-refractivity contribution in [2.24, 2.45) is 7.05 Å². The largest absolute Gasteiger partial charge is 0.316 e. The molecule has 1 aromatic rings. The van der Waals surface area contributed by atoms with Gasteiger partial charge in [-0.05, 0) is 25.8 Å². The van der Waals surface area contributed by atoms with Crippen LogP contribution in [0.2, 0.25) is 0 Å². The highest BCUT2D eigenvalue weighted by atomic mass is 15.3. The first-order valence-corrected chi connectivity index (χ1v) is 5.84. The lowest BCUT2D eigenvalue weighted by Crippen LogP contribution is -2.45. The highest BCUT2D eigenvalue weighted by molar-refractivity contribution is 5.10. The van der Waals surface area contributed by atoms with Crippen molar-refractivity contribution in [2.75, 3.05) is 13.1 Å². The number of hydrogen-bond acceptors (Lipinski definition) is 3. The van der Waals surface area contributed by atoms with Crippen LogP contribution in [0.3, 0.4) is 0 Å². The van der Waals surface area contributed by atoms with E-state index in [0.717, 1.165) is 18.9 Å². The number of aryl methyl sites for hydroxylation is 1. The summed E-state index contributed by atoms with van der Waals surface area (Å²) in [6, 6.07) is 0. The van der Waals surface area contributed by atoms with Gasteiger partial charge < -0.3 is 5.32 Å². The second-order valence-corrected chi connectivity index (χ2v) is 4.52. The third-order valence-corrected chi connectivity index (χ3v) is 3.39. The molecule has 1 fully saturated rings. The van der Waals surface area contributed by atoms with Gasteiger partial charge in [-0.15, -0.1) is 0 Å². The Morgan fingerprint density at radius 1 is 1.60 bits per heavy atom. The predicted octanol–water partition coefficient (Wildman–Crippen LogP) is 1.24. The molecule has 0 bridgehead atoms.